The Morgan fingerprint density at radius 2 is 1.69 bits per heavy atom. The zero-order valence-corrected chi connectivity index (χ0v) is 21.8. The molecule has 6 nitrogen and oxygen atoms in total. The van der Waals surface area contributed by atoms with Gasteiger partial charge in [-0.1, -0.05) is 48.0 Å². The Balaban J connectivity index is 1.32. The van der Waals surface area contributed by atoms with Gasteiger partial charge in [0.25, 0.3) is 10.1 Å². The largest absolute Gasteiger partial charge is 0.371 e. The first-order chi connectivity index (χ1) is 17.4. The number of hydrogen-bond acceptors (Lipinski definition) is 6. The number of fused-ring (bicyclic) bond motifs is 1. The van der Waals surface area contributed by atoms with Gasteiger partial charge in [0, 0.05) is 19.1 Å². The molecule has 2 aromatic carbocycles. The van der Waals surface area contributed by atoms with Gasteiger partial charge in [-0.05, 0) is 81.9 Å². The number of hydrogen-bond donors (Lipinski definition) is 0. The van der Waals surface area contributed by atoms with Crippen molar-refractivity contribution < 1.29 is 26.9 Å². The smallest absolute Gasteiger partial charge is 0.296 e. The summed E-state index contributed by atoms with van der Waals surface area (Å²) in [5.41, 5.74) is 0.771. The number of rotatable bonds is 8. The first kappa shape index (κ1) is 25.6. The Kier molecular flexibility index (Phi) is 7.37. The van der Waals surface area contributed by atoms with Gasteiger partial charge in [0.15, 0.2) is 11.4 Å². The van der Waals surface area contributed by atoms with E-state index in [4.69, 9.17) is 13.7 Å². The molecule has 3 fully saturated rings. The minimum Gasteiger partial charge on any atom is -0.371 e. The van der Waals surface area contributed by atoms with Gasteiger partial charge >= 0.3 is 0 Å². The highest BCUT2D eigenvalue weighted by Gasteiger charge is 2.65. The SMILES string of the molecule is Cc1ccc(S(=O)(=O)OCCC[C@@H](c2ccccc2)[C@H]2CC[C@@]3(CCCO3)[C@@]3(CCCO3)C2=O)cc1. The van der Waals surface area contributed by atoms with Crippen molar-refractivity contribution in [3.63, 3.8) is 0 Å². The highest BCUT2D eigenvalue weighted by Crippen LogP contribution is 2.54. The van der Waals surface area contributed by atoms with Crippen LogP contribution >= 0.6 is 0 Å². The molecule has 7 heteroatoms. The molecular weight excluding hydrogens is 476 g/mol. The third-order valence-corrected chi connectivity index (χ3v) is 9.70. The van der Waals surface area contributed by atoms with Crippen LogP contribution < -0.4 is 0 Å². The second-order valence-corrected chi connectivity index (χ2v) is 12.1. The van der Waals surface area contributed by atoms with E-state index < -0.39 is 21.3 Å². The van der Waals surface area contributed by atoms with Crippen molar-refractivity contribution in [1.29, 1.82) is 0 Å². The van der Waals surface area contributed by atoms with Crippen LogP contribution in [0.25, 0.3) is 0 Å². The van der Waals surface area contributed by atoms with Crippen molar-refractivity contribution in [2.24, 2.45) is 5.92 Å². The maximum absolute atomic E-state index is 14.2. The maximum atomic E-state index is 14.2. The molecule has 194 valence electrons. The zero-order chi connectivity index (χ0) is 25.2. The third-order valence-electron chi connectivity index (χ3n) is 8.38. The van der Waals surface area contributed by atoms with E-state index >= 15 is 0 Å². The lowest BCUT2D eigenvalue weighted by atomic mass is 9.60. The van der Waals surface area contributed by atoms with Crippen LogP contribution in [-0.2, 0) is 28.6 Å². The molecule has 0 aromatic heterocycles. The van der Waals surface area contributed by atoms with Gasteiger partial charge in [-0.25, -0.2) is 0 Å². The van der Waals surface area contributed by atoms with Gasteiger partial charge in [-0.15, -0.1) is 0 Å². The third kappa shape index (κ3) is 4.67. The van der Waals surface area contributed by atoms with Gasteiger partial charge in [-0.3, -0.25) is 8.98 Å². The summed E-state index contributed by atoms with van der Waals surface area (Å²) in [6.07, 6.45) is 6.23. The lowest BCUT2D eigenvalue weighted by molar-refractivity contribution is -0.199. The molecule has 0 unspecified atom stereocenters. The summed E-state index contributed by atoms with van der Waals surface area (Å²) in [7, 11) is -3.81. The Hall–Kier alpha value is -2.06. The minimum atomic E-state index is -3.81. The quantitative estimate of drug-likeness (QED) is 0.351. The Morgan fingerprint density at radius 3 is 2.36 bits per heavy atom. The topological polar surface area (TPSA) is 78.9 Å². The summed E-state index contributed by atoms with van der Waals surface area (Å²) in [5.74, 6) is -0.0339. The molecule has 2 aliphatic heterocycles. The van der Waals surface area contributed by atoms with Crippen molar-refractivity contribution >= 4 is 15.9 Å². The Morgan fingerprint density at radius 1 is 0.972 bits per heavy atom. The van der Waals surface area contributed by atoms with Crippen molar-refractivity contribution in [2.45, 2.75) is 80.3 Å². The predicted octanol–water partition coefficient (Wildman–Crippen LogP) is 5.34. The fourth-order valence-corrected chi connectivity index (χ4v) is 7.52. The van der Waals surface area contributed by atoms with E-state index in [-0.39, 0.29) is 29.1 Å². The van der Waals surface area contributed by atoms with Crippen molar-refractivity contribution in [2.75, 3.05) is 19.8 Å². The van der Waals surface area contributed by atoms with Gasteiger partial charge in [0.1, 0.15) is 5.60 Å². The van der Waals surface area contributed by atoms with Gasteiger partial charge in [0.2, 0.25) is 0 Å². The summed E-state index contributed by atoms with van der Waals surface area (Å²) < 4.78 is 43.2. The first-order valence-corrected chi connectivity index (χ1v) is 14.6. The minimum absolute atomic E-state index is 0.0239. The van der Waals surface area contributed by atoms with Gasteiger partial charge in [0.05, 0.1) is 11.5 Å². The van der Waals surface area contributed by atoms with E-state index in [2.05, 4.69) is 12.1 Å². The second-order valence-electron chi connectivity index (χ2n) is 10.5. The van der Waals surface area contributed by atoms with Crippen LogP contribution in [0.2, 0.25) is 0 Å². The Labute approximate surface area is 214 Å². The molecule has 2 spiro atoms. The van der Waals surface area contributed by atoms with Crippen LogP contribution in [0.1, 0.15) is 68.4 Å². The summed E-state index contributed by atoms with van der Waals surface area (Å²) >= 11 is 0. The number of carbonyl (C=O) groups is 1. The van der Waals surface area contributed by atoms with E-state index in [1.165, 1.54) is 0 Å². The van der Waals surface area contributed by atoms with Gasteiger partial charge in [-0.2, -0.15) is 8.42 Å². The molecule has 2 aromatic rings. The number of Topliss-reactive ketones (excluding diaryl/α,β-unsaturated/α-hetero) is 1. The highest BCUT2D eigenvalue weighted by molar-refractivity contribution is 7.86. The summed E-state index contributed by atoms with van der Waals surface area (Å²) in [4.78, 5) is 14.4. The molecule has 3 aliphatic rings. The van der Waals surface area contributed by atoms with E-state index in [0.717, 1.165) is 49.7 Å². The average molecular weight is 513 g/mol. The number of carbonyl (C=O) groups excluding carboxylic acids is 1. The van der Waals surface area contributed by atoms with Crippen LogP contribution in [0.4, 0.5) is 0 Å². The standard InChI is InChI=1S/C29H36O6S/c1-22-11-13-24(14-12-22)36(31,32)35-21-5-10-25(23-8-3-2-4-9-23)26-15-18-28(16-6-19-33-28)29(27(26)30)17-7-20-34-29/h2-4,8-9,11-14,25-26H,5-7,10,15-21H2,1H3/t25-,26+,28-,29+/m0/s1. The molecule has 36 heavy (non-hydrogen) atoms. The summed E-state index contributed by atoms with van der Waals surface area (Å²) in [5, 5.41) is 0. The van der Waals surface area contributed by atoms with Crippen molar-refractivity contribution in [3.05, 3.63) is 65.7 Å². The molecular formula is C29H36O6S. The fourth-order valence-electron chi connectivity index (χ4n) is 6.58. The van der Waals surface area contributed by atoms with E-state index in [9.17, 15) is 13.2 Å². The predicted molar refractivity (Wildman–Crippen MR) is 136 cm³/mol. The number of ketones is 1. The van der Waals surface area contributed by atoms with Gasteiger partial charge < -0.3 is 9.47 Å². The normalized spacial score (nSPS) is 29.2. The fraction of sp³-hybridized carbons (Fsp3) is 0.552. The molecule has 4 atom stereocenters. The van der Waals surface area contributed by atoms with Crippen molar-refractivity contribution in [3.8, 4) is 0 Å². The summed E-state index contributed by atoms with van der Waals surface area (Å²) in [6.45, 7) is 3.28. The lowest BCUT2D eigenvalue weighted by Crippen LogP contribution is -2.64. The highest BCUT2D eigenvalue weighted by atomic mass is 32.2. The number of benzene rings is 2. The van der Waals surface area contributed by atoms with Crippen LogP contribution in [0.3, 0.4) is 0 Å². The molecule has 5 rings (SSSR count). The molecule has 0 amide bonds. The molecule has 1 aliphatic carbocycles. The van der Waals surface area contributed by atoms with E-state index in [0.29, 0.717) is 26.1 Å². The lowest BCUT2D eigenvalue weighted by Gasteiger charge is -2.50. The van der Waals surface area contributed by atoms with Crippen molar-refractivity contribution in [1.82, 2.24) is 0 Å². The number of ether oxygens (including phenoxy) is 2. The molecule has 0 radical (unpaired) electrons. The molecule has 0 N–H and O–H groups in total. The van der Waals surface area contributed by atoms with Crippen LogP contribution in [0.15, 0.2) is 59.5 Å². The summed E-state index contributed by atoms with van der Waals surface area (Å²) in [6, 6.07) is 16.8. The molecule has 0 bridgehead atoms. The van der Waals surface area contributed by atoms with Crippen LogP contribution in [-0.4, -0.2) is 45.2 Å². The average Bonchev–Trinajstić information content (AvgIpc) is 3.56. The van der Waals surface area contributed by atoms with E-state index in [1.54, 1.807) is 24.3 Å². The molecule has 2 saturated heterocycles. The monoisotopic (exact) mass is 512 g/mol. The van der Waals surface area contributed by atoms with E-state index in [1.807, 2.05) is 25.1 Å². The molecule has 1 saturated carbocycles. The maximum Gasteiger partial charge on any atom is 0.296 e. The Bertz CT molecular complexity index is 1150. The molecule has 2 heterocycles. The number of aryl methyl sites for hydroxylation is 1. The zero-order valence-electron chi connectivity index (χ0n) is 21.0. The van der Waals surface area contributed by atoms with Crippen LogP contribution in [0, 0.1) is 12.8 Å². The van der Waals surface area contributed by atoms with Crippen LogP contribution in [0.5, 0.6) is 0 Å². The second kappa shape index (κ2) is 10.4. The first-order valence-electron chi connectivity index (χ1n) is 13.2.